The first kappa shape index (κ1) is 12.7. The van der Waals surface area contributed by atoms with E-state index >= 15 is 0 Å². The fourth-order valence-electron chi connectivity index (χ4n) is 0.407. The van der Waals surface area contributed by atoms with E-state index in [0.717, 1.165) is 5.57 Å². The Bertz CT molecular complexity index is 164. The Kier molecular flexibility index (Phi) is 6.66. The largest absolute Gasteiger partial charge is 0.399 e. The normalized spacial score (nSPS) is 9.73. The van der Waals surface area contributed by atoms with E-state index in [1.807, 2.05) is 6.08 Å². The van der Waals surface area contributed by atoms with Crippen molar-refractivity contribution in [1.29, 1.82) is 0 Å². The van der Waals surface area contributed by atoms with Gasteiger partial charge in [-0.2, -0.15) is 0 Å². The second kappa shape index (κ2) is 5.78. The number of hydrogen-bond donors (Lipinski definition) is 1. The molecule has 0 fully saturated rings. The van der Waals surface area contributed by atoms with Gasteiger partial charge in [0.05, 0.1) is 0 Å². The van der Waals surface area contributed by atoms with Crippen LogP contribution in [0.25, 0.3) is 0 Å². The number of rotatable bonds is 3. The minimum absolute atomic E-state index is 0. The molecule has 0 unspecified atom stereocenters. The number of hydrogen-bond acceptors (Lipinski definition) is 1. The highest BCUT2D eigenvalue weighted by molar-refractivity contribution is 5.23. The van der Waals surface area contributed by atoms with Crippen LogP contribution in [0.5, 0.6) is 0 Å². The molecule has 11 heavy (non-hydrogen) atoms. The van der Waals surface area contributed by atoms with Gasteiger partial charge >= 0.3 is 0 Å². The molecule has 0 saturated carbocycles. The van der Waals surface area contributed by atoms with E-state index in [1.165, 1.54) is 0 Å². The first-order valence-corrected chi connectivity index (χ1v) is 3.35. The summed E-state index contributed by atoms with van der Waals surface area (Å²) in [4.78, 5) is 0. The highest BCUT2D eigenvalue weighted by Gasteiger charge is 1.92. The molecule has 2 N–H and O–H groups in total. The van der Waals surface area contributed by atoms with Crippen LogP contribution in [0, 0.1) is 5.92 Å². The lowest BCUT2D eigenvalue weighted by atomic mass is 10.1. The zero-order valence-corrected chi connectivity index (χ0v) is 6.72. The van der Waals surface area contributed by atoms with Crippen LogP contribution in [-0.4, -0.2) is 0 Å². The lowest BCUT2D eigenvalue weighted by molar-refractivity contribution is 0.795. The fourth-order valence-corrected chi connectivity index (χ4v) is 0.407. The Hall–Kier alpha value is -0.980. The highest BCUT2D eigenvalue weighted by atomic mass is 14.5. The van der Waals surface area contributed by atoms with Gasteiger partial charge in [-0.25, -0.2) is 0 Å². The van der Waals surface area contributed by atoms with Crippen molar-refractivity contribution in [3.63, 3.8) is 0 Å². The van der Waals surface area contributed by atoms with E-state index in [4.69, 9.17) is 5.73 Å². The molecule has 0 spiro atoms. The van der Waals surface area contributed by atoms with Gasteiger partial charge < -0.3 is 5.73 Å². The molecular weight excluding hydrogens is 134 g/mol. The number of nitrogens with two attached hydrogens (primary N) is 1. The molecule has 1 nitrogen and oxygen atoms in total. The topological polar surface area (TPSA) is 26.0 Å². The monoisotopic (exact) mass is 153 g/mol. The molecule has 0 aliphatic rings. The summed E-state index contributed by atoms with van der Waals surface area (Å²) in [6.07, 6.45) is 3.66. The molecule has 0 aliphatic heterocycles. The van der Waals surface area contributed by atoms with Gasteiger partial charge in [0.1, 0.15) is 0 Å². The number of allylic oxidation sites excluding steroid dienone is 3. The molecule has 0 aromatic heterocycles. The molecular formula is C10H19N. The maximum absolute atomic E-state index is 5.32. The Balaban J connectivity index is 0. The summed E-state index contributed by atoms with van der Waals surface area (Å²) in [5.74, 6) is 0.482. The van der Waals surface area contributed by atoms with Crippen molar-refractivity contribution in [3.8, 4) is 0 Å². The first-order valence-electron chi connectivity index (χ1n) is 3.35. The first-order chi connectivity index (χ1) is 4.54. The van der Waals surface area contributed by atoms with E-state index in [2.05, 4.69) is 27.0 Å². The van der Waals surface area contributed by atoms with Crippen molar-refractivity contribution in [2.24, 2.45) is 11.7 Å². The molecule has 0 radical (unpaired) electrons. The summed E-state index contributed by atoms with van der Waals surface area (Å²) in [6.45, 7) is 11.6. The van der Waals surface area contributed by atoms with Gasteiger partial charge in [0.2, 0.25) is 0 Å². The molecule has 1 heteroatoms. The third-order valence-corrected chi connectivity index (χ3v) is 1.25. The Morgan fingerprint density at radius 1 is 1.27 bits per heavy atom. The van der Waals surface area contributed by atoms with Crippen LogP contribution < -0.4 is 5.73 Å². The van der Waals surface area contributed by atoms with Crippen molar-refractivity contribution >= 4 is 0 Å². The molecule has 0 atom stereocenters. The summed E-state index contributed by atoms with van der Waals surface area (Å²) < 4.78 is 0. The van der Waals surface area contributed by atoms with E-state index < -0.39 is 0 Å². The zero-order chi connectivity index (χ0) is 8.15. The van der Waals surface area contributed by atoms with Gasteiger partial charge in [0.15, 0.2) is 0 Å². The Labute approximate surface area is 70.3 Å². The third kappa shape index (κ3) is 6.91. The van der Waals surface area contributed by atoms with Gasteiger partial charge in [-0.3, -0.25) is 0 Å². The lowest BCUT2D eigenvalue weighted by Gasteiger charge is -2.01. The summed E-state index contributed by atoms with van der Waals surface area (Å²) in [5.41, 5.74) is 6.97. The molecule has 0 aromatic rings. The second-order valence-corrected chi connectivity index (χ2v) is 2.64. The van der Waals surface area contributed by atoms with E-state index in [1.54, 1.807) is 6.08 Å². The SMILES string of the molecule is C.C=C(N)/C=C\C(=C)C(C)C. The Morgan fingerprint density at radius 2 is 1.73 bits per heavy atom. The predicted molar refractivity (Wildman–Crippen MR) is 53.2 cm³/mol. The smallest absolute Gasteiger partial charge is 0.0241 e. The van der Waals surface area contributed by atoms with Gasteiger partial charge in [-0.15, -0.1) is 0 Å². The molecule has 64 valence electrons. The van der Waals surface area contributed by atoms with Crippen LogP contribution in [0.15, 0.2) is 36.6 Å². The van der Waals surface area contributed by atoms with E-state index in [-0.39, 0.29) is 7.43 Å². The van der Waals surface area contributed by atoms with E-state index in [9.17, 15) is 0 Å². The van der Waals surface area contributed by atoms with Crippen LogP contribution in [-0.2, 0) is 0 Å². The maximum Gasteiger partial charge on any atom is 0.0241 e. The van der Waals surface area contributed by atoms with Crippen molar-refractivity contribution in [2.45, 2.75) is 21.3 Å². The summed E-state index contributed by atoms with van der Waals surface area (Å²) in [7, 11) is 0. The van der Waals surface area contributed by atoms with Crippen molar-refractivity contribution in [2.75, 3.05) is 0 Å². The fraction of sp³-hybridized carbons (Fsp3) is 0.400. The minimum atomic E-state index is 0. The average Bonchev–Trinajstić information content (AvgIpc) is 1.82. The van der Waals surface area contributed by atoms with Gasteiger partial charge in [0, 0.05) is 5.70 Å². The average molecular weight is 153 g/mol. The van der Waals surface area contributed by atoms with Crippen LogP contribution >= 0.6 is 0 Å². The molecule has 0 aromatic carbocycles. The molecule has 0 bridgehead atoms. The standard InChI is InChI=1S/C9H15N.CH4/c1-7(2)8(3)5-6-9(4)10;/h5-7H,3-4,10H2,1-2H3;1H4/b6-5-;. The summed E-state index contributed by atoms with van der Waals surface area (Å²) in [5, 5.41) is 0. The van der Waals surface area contributed by atoms with E-state index in [0.29, 0.717) is 11.6 Å². The van der Waals surface area contributed by atoms with Gasteiger partial charge in [-0.05, 0) is 12.0 Å². The van der Waals surface area contributed by atoms with Crippen LogP contribution in [0.1, 0.15) is 21.3 Å². The Morgan fingerprint density at radius 3 is 2.00 bits per heavy atom. The van der Waals surface area contributed by atoms with Crippen molar-refractivity contribution in [3.05, 3.63) is 36.6 Å². The summed E-state index contributed by atoms with van der Waals surface area (Å²) >= 11 is 0. The summed E-state index contributed by atoms with van der Waals surface area (Å²) in [6, 6.07) is 0. The minimum Gasteiger partial charge on any atom is -0.399 e. The van der Waals surface area contributed by atoms with Crippen molar-refractivity contribution < 1.29 is 0 Å². The molecule has 0 rings (SSSR count). The van der Waals surface area contributed by atoms with Gasteiger partial charge in [0.25, 0.3) is 0 Å². The second-order valence-electron chi connectivity index (χ2n) is 2.64. The molecule has 0 saturated heterocycles. The van der Waals surface area contributed by atoms with Crippen LogP contribution in [0.4, 0.5) is 0 Å². The molecule has 0 amide bonds. The van der Waals surface area contributed by atoms with Gasteiger partial charge in [-0.1, -0.05) is 46.1 Å². The quantitative estimate of drug-likeness (QED) is 0.620. The van der Waals surface area contributed by atoms with Crippen LogP contribution in [0.3, 0.4) is 0 Å². The highest BCUT2D eigenvalue weighted by Crippen LogP contribution is 2.07. The zero-order valence-electron chi connectivity index (χ0n) is 6.72. The maximum atomic E-state index is 5.32. The third-order valence-electron chi connectivity index (χ3n) is 1.25. The van der Waals surface area contributed by atoms with Crippen LogP contribution in [0.2, 0.25) is 0 Å². The lowest BCUT2D eigenvalue weighted by Crippen LogP contribution is -1.91. The predicted octanol–water partition coefficient (Wildman–Crippen LogP) is 2.86. The van der Waals surface area contributed by atoms with Crippen molar-refractivity contribution in [1.82, 2.24) is 0 Å². The molecule has 0 heterocycles. The molecule has 0 aliphatic carbocycles.